The quantitative estimate of drug-likeness (QED) is 0.568. The molecule has 7 heteroatoms. The highest BCUT2D eigenvalue weighted by Gasteiger charge is 2.08. The molecule has 0 aliphatic rings. The van der Waals surface area contributed by atoms with Crippen LogP contribution in [0, 0.1) is 4.91 Å². The number of hydrogen-bond acceptors (Lipinski definition) is 6. The minimum atomic E-state index is -0.160. The van der Waals surface area contributed by atoms with Gasteiger partial charge >= 0.3 is 5.95 Å². The van der Waals surface area contributed by atoms with E-state index in [1.165, 1.54) is 0 Å². The van der Waals surface area contributed by atoms with Gasteiger partial charge in [0.15, 0.2) is 0 Å². The molecule has 0 atom stereocenters. The first-order valence-corrected chi connectivity index (χ1v) is 6.25. The van der Waals surface area contributed by atoms with E-state index in [9.17, 15) is 4.91 Å². The van der Waals surface area contributed by atoms with Crippen molar-refractivity contribution >= 4 is 28.0 Å². The summed E-state index contributed by atoms with van der Waals surface area (Å²) in [7, 11) is 0. The second-order valence-corrected chi connectivity index (χ2v) is 4.51. The Labute approximate surface area is 118 Å². The van der Waals surface area contributed by atoms with Crippen molar-refractivity contribution < 1.29 is 0 Å². The van der Waals surface area contributed by atoms with Crippen molar-refractivity contribution in [1.82, 2.24) is 25.1 Å². The summed E-state index contributed by atoms with van der Waals surface area (Å²) < 4.78 is 0. The fraction of sp³-hybridized carbons (Fsp3) is 0. The lowest BCUT2D eigenvalue weighted by atomic mass is 10.0. The van der Waals surface area contributed by atoms with E-state index in [2.05, 4.69) is 30.3 Å². The maximum Gasteiger partial charge on any atom is 0.310 e. The third kappa shape index (κ3) is 1.83. The minimum Gasteiger partial charge on any atom is -0.346 e. The van der Waals surface area contributed by atoms with Crippen LogP contribution < -0.4 is 0 Å². The van der Waals surface area contributed by atoms with Gasteiger partial charge in [0.25, 0.3) is 0 Å². The molecule has 7 nitrogen and oxygen atoms in total. The van der Waals surface area contributed by atoms with Crippen molar-refractivity contribution in [3.8, 4) is 11.1 Å². The Balaban J connectivity index is 1.94. The van der Waals surface area contributed by atoms with Gasteiger partial charge in [-0.3, -0.25) is 0 Å². The average molecular weight is 276 g/mol. The topological polar surface area (TPSA) is 96.8 Å². The molecular weight excluding hydrogens is 268 g/mol. The average Bonchev–Trinajstić information content (AvgIpc) is 3.02. The number of rotatable bonds is 2. The van der Waals surface area contributed by atoms with Crippen LogP contribution in [0.4, 0.5) is 5.95 Å². The zero-order valence-corrected chi connectivity index (χ0v) is 10.7. The van der Waals surface area contributed by atoms with E-state index < -0.39 is 0 Å². The number of nitroso groups, excluding NO2 is 1. The Bertz CT molecular complexity index is 977. The van der Waals surface area contributed by atoms with E-state index in [1.807, 2.05) is 30.5 Å². The van der Waals surface area contributed by atoms with Crippen LogP contribution in [-0.4, -0.2) is 25.1 Å². The van der Waals surface area contributed by atoms with E-state index >= 15 is 0 Å². The standard InChI is InChI=1S/C14H8N6O/c21-20-14-17-11-2-1-8(7-12(11)18-19-14)9-3-5-15-13-10(9)4-6-16-13/h1-7H,(H,15,16). The molecule has 3 heterocycles. The molecule has 0 saturated carbocycles. The van der Waals surface area contributed by atoms with Crippen molar-refractivity contribution in [3.05, 3.63) is 47.6 Å². The van der Waals surface area contributed by atoms with Crippen molar-refractivity contribution in [2.45, 2.75) is 0 Å². The summed E-state index contributed by atoms with van der Waals surface area (Å²) in [6.45, 7) is 0. The monoisotopic (exact) mass is 276 g/mol. The Kier molecular flexibility index (Phi) is 2.43. The van der Waals surface area contributed by atoms with Gasteiger partial charge in [-0.15, -0.1) is 15.1 Å². The van der Waals surface area contributed by atoms with Crippen molar-refractivity contribution in [2.24, 2.45) is 5.18 Å². The molecule has 21 heavy (non-hydrogen) atoms. The van der Waals surface area contributed by atoms with Gasteiger partial charge in [0, 0.05) is 23.0 Å². The Morgan fingerprint density at radius 3 is 2.90 bits per heavy atom. The molecule has 3 aromatic heterocycles. The molecule has 4 aromatic rings. The highest BCUT2D eigenvalue weighted by Crippen LogP contribution is 2.28. The molecule has 1 N–H and O–H groups in total. The van der Waals surface area contributed by atoms with Crippen LogP contribution >= 0.6 is 0 Å². The van der Waals surface area contributed by atoms with Crippen LogP contribution in [-0.2, 0) is 0 Å². The van der Waals surface area contributed by atoms with Gasteiger partial charge in [0.05, 0.1) is 5.52 Å². The number of aromatic amines is 1. The molecule has 4 rings (SSSR count). The van der Waals surface area contributed by atoms with Crippen LogP contribution in [0.25, 0.3) is 33.2 Å². The highest BCUT2D eigenvalue weighted by atomic mass is 16.3. The fourth-order valence-corrected chi connectivity index (χ4v) is 2.35. The molecule has 0 aliphatic heterocycles. The maximum atomic E-state index is 10.4. The number of nitrogens with one attached hydrogen (secondary N) is 1. The molecule has 0 radical (unpaired) electrons. The van der Waals surface area contributed by atoms with Crippen molar-refractivity contribution in [3.63, 3.8) is 0 Å². The van der Waals surface area contributed by atoms with E-state index in [1.54, 1.807) is 12.3 Å². The summed E-state index contributed by atoms with van der Waals surface area (Å²) in [6.07, 6.45) is 3.60. The van der Waals surface area contributed by atoms with Crippen LogP contribution in [0.5, 0.6) is 0 Å². The number of hydrogen-bond donors (Lipinski definition) is 1. The van der Waals surface area contributed by atoms with Gasteiger partial charge < -0.3 is 4.98 Å². The molecule has 0 saturated heterocycles. The predicted molar refractivity (Wildman–Crippen MR) is 77.9 cm³/mol. The molecular formula is C14H8N6O. The Hall–Kier alpha value is -3.22. The summed E-state index contributed by atoms with van der Waals surface area (Å²) in [5.74, 6) is -0.160. The summed E-state index contributed by atoms with van der Waals surface area (Å²) >= 11 is 0. The van der Waals surface area contributed by atoms with Crippen LogP contribution in [0.15, 0.2) is 47.9 Å². The van der Waals surface area contributed by atoms with Crippen molar-refractivity contribution in [1.29, 1.82) is 0 Å². The van der Waals surface area contributed by atoms with E-state index in [0.29, 0.717) is 11.0 Å². The van der Waals surface area contributed by atoms with Gasteiger partial charge in [0.1, 0.15) is 11.2 Å². The highest BCUT2D eigenvalue weighted by molar-refractivity contribution is 5.95. The molecule has 0 fully saturated rings. The summed E-state index contributed by atoms with van der Waals surface area (Å²) in [4.78, 5) is 21.8. The van der Waals surface area contributed by atoms with E-state index in [4.69, 9.17) is 0 Å². The normalized spacial score (nSPS) is 11.0. The van der Waals surface area contributed by atoms with E-state index in [-0.39, 0.29) is 5.95 Å². The van der Waals surface area contributed by atoms with Crippen molar-refractivity contribution in [2.75, 3.05) is 0 Å². The SMILES string of the molecule is O=Nc1nnc2cc(-c3ccnc4[nH]ccc34)ccc2n1. The molecule has 0 amide bonds. The molecule has 0 unspecified atom stereocenters. The third-order valence-corrected chi connectivity index (χ3v) is 3.30. The summed E-state index contributed by atoms with van der Waals surface area (Å²) in [5.41, 5.74) is 4.06. The van der Waals surface area contributed by atoms with Gasteiger partial charge in [-0.05, 0) is 35.4 Å². The Morgan fingerprint density at radius 1 is 1.05 bits per heavy atom. The minimum absolute atomic E-state index is 0.160. The second-order valence-electron chi connectivity index (χ2n) is 4.51. The first kappa shape index (κ1) is 11.6. The maximum absolute atomic E-state index is 10.4. The smallest absolute Gasteiger partial charge is 0.310 e. The second kappa shape index (κ2) is 4.41. The summed E-state index contributed by atoms with van der Waals surface area (Å²) in [6, 6.07) is 9.52. The molecule has 0 bridgehead atoms. The number of benzene rings is 1. The lowest BCUT2D eigenvalue weighted by Gasteiger charge is -2.04. The zero-order chi connectivity index (χ0) is 14.2. The van der Waals surface area contributed by atoms with Gasteiger partial charge in [-0.1, -0.05) is 6.07 Å². The van der Waals surface area contributed by atoms with Gasteiger partial charge in [0.2, 0.25) is 0 Å². The number of aromatic nitrogens is 5. The zero-order valence-electron chi connectivity index (χ0n) is 10.7. The summed E-state index contributed by atoms with van der Waals surface area (Å²) in [5, 5.41) is 11.3. The van der Waals surface area contributed by atoms with Gasteiger partial charge in [-0.2, -0.15) is 0 Å². The molecule has 100 valence electrons. The number of H-pyrrole nitrogens is 1. The van der Waals surface area contributed by atoms with Gasteiger partial charge in [-0.25, -0.2) is 9.97 Å². The van der Waals surface area contributed by atoms with Crippen LogP contribution in [0.3, 0.4) is 0 Å². The largest absolute Gasteiger partial charge is 0.346 e. The molecule has 0 aliphatic carbocycles. The van der Waals surface area contributed by atoms with Crippen LogP contribution in [0.1, 0.15) is 0 Å². The van der Waals surface area contributed by atoms with E-state index in [0.717, 1.165) is 22.2 Å². The predicted octanol–water partition coefficient (Wildman–Crippen LogP) is 2.97. The molecule has 1 aromatic carbocycles. The van der Waals surface area contributed by atoms with Crippen LogP contribution in [0.2, 0.25) is 0 Å². The number of fused-ring (bicyclic) bond motifs is 2. The first-order chi connectivity index (χ1) is 10.3. The fourth-order valence-electron chi connectivity index (χ4n) is 2.35. The number of pyridine rings is 1. The Morgan fingerprint density at radius 2 is 2.00 bits per heavy atom. The lowest BCUT2D eigenvalue weighted by molar-refractivity contribution is 1.01. The first-order valence-electron chi connectivity index (χ1n) is 6.25. The molecule has 0 spiro atoms. The number of nitrogens with zero attached hydrogens (tertiary/aromatic N) is 5. The lowest BCUT2D eigenvalue weighted by Crippen LogP contribution is -1.90. The third-order valence-electron chi connectivity index (χ3n) is 3.30.